The third-order valence-corrected chi connectivity index (χ3v) is 11.9. The Morgan fingerprint density at radius 3 is 1.87 bits per heavy atom. The highest BCUT2D eigenvalue weighted by Crippen LogP contribution is 2.42. The molecule has 0 saturated heterocycles. The van der Waals surface area contributed by atoms with E-state index in [-0.39, 0.29) is 0 Å². The first-order chi connectivity index (χ1) is 27.2. The number of fused-ring (bicyclic) bond motifs is 4. The Kier molecular flexibility index (Phi) is 8.21. The Balaban J connectivity index is 0.995. The largest absolute Gasteiger partial charge is 0.228 e. The van der Waals surface area contributed by atoms with Crippen LogP contribution in [0, 0.1) is 11.3 Å². The Bertz CT molecular complexity index is 2910. The van der Waals surface area contributed by atoms with Gasteiger partial charge in [0.2, 0.25) is 0 Å². The second-order valence-electron chi connectivity index (χ2n) is 14.0. The molecule has 0 amide bonds. The second-order valence-corrected chi connectivity index (χ2v) is 15.1. The fourth-order valence-electron chi connectivity index (χ4n) is 7.72. The van der Waals surface area contributed by atoms with Crippen LogP contribution in [0.1, 0.15) is 22.4 Å². The molecule has 0 radical (unpaired) electrons. The molecule has 7 aromatic carbocycles. The van der Waals surface area contributed by atoms with E-state index in [9.17, 15) is 5.26 Å². The van der Waals surface area contributed by atoms with Crippen molar-refractivity contribution in [2.24, 2.45) is 0 Å². The molecule has 0 spiro atoms. The maximum atomic E-state index is 10.1. The number of nitriles is 1. The van der Waals surface area contributed by atoms with Crippen LogP contribution in [0.5, 0.6) is 0 Å². The van der Waals surface area contributed by atoms with Crippen LogP contribution in [-0.4, -0.2) is 9.97 Å². The molecule has 0 bridgehead atoms. The highest BCUT2D eigenvalue weighted by atomic mass is 32.1. The summed E-state index contributed by atoms with van der Waals surface area (Å²) >= 11 is 1.90. The van der Waals surface area contributed by atoms with Crippen LogP contribution < -0.4 is 0 Å². The molecule has 0 atom stereocenters. The molecule has 0 N–H and O–H groups in total. The standard InChI is InChI=1S/C51H33N3S/c52-32-33-26-41(30-43(27-33)44-15-9-16-46-45-14-7-8-17-49(45)55-50(44)46)40-25-21-35-20-24-39(28-42(35)29-40)34-18-22-37(23-19-34)48-31-47(36-10-3-1-4-11-36)53-51(54-48)38-12-5-2-6-13-38/h1-7,9-16,18-31H,8,17H2. The Labute approximate surface area is 324 Å². The summed E-state index contributed by atoms with van der Waals surface area (Å²) in [6, 6.07) is 59.7. The Morgan fingerprint density at radius 1 is 0.509 bits per heavy atom. The molecule has 2 heterocycles. The van der Waals surface area contributed by atoms with E-state index in [1.54, 1.807) is 0 Å². The second kappa shape index (κ2) is 13.8. The summed E-state index contributed by atoms with van der Waals surface area (Å²) < 4.78 is 1.29. The van der Waals surface area contributed by atoms with Crippen molar-refractivity contribution in [3.05, 3.63) is 186 Å². The minimum absolute atomic E-state index is 0.662. The van der Waals surface area contributed by atoms with Crippen LogP contribution in [0.25, 0.3) is 94.2 Å². The summed E-state index contributed by atoms with van der Waals surface area (Å²) in [7, 11) is 0. The van der Waals surface area contributed by atoms with Gasteiger partial charge in [0, 0.05) is 31.7 Å². The summed E-state index contributed by atoms with van der Waals surface area (Å²) in [5, 5.41) is 13.7. The molecule has 0 fully saturated rings. The predicted octanol–water partition coefficient (Wildman–Crippen LogP) is 13.7. The molecule has 0 unspecified atom stereocenters. The molecule has 1 aliphatic rings. The molecular formula is C51H33N3S. The van der Waals surface area contributed by atoms with E-state index in [0.29, 0.717) is 11.4 Å². The van der Waals surface area contributed by atoms with Crippen molar-refractivity contribution >= 4 is 38.3 Å². The molecule has 3 nitrogen and oxygen atoms in total. The Morgan fingerprint density at radius 2 is 1.15 bits per heavy atom. The summed E-state index contributed by atoms with van der Waals surface area (Å²) in [4.78, 5) is 11.4. The van der Waals surface area contributed by atoms with Gasteiger partial charge in [-0.2, -0.15) is 5.26 Å². The third-order valence-electron chi connectivity index (χ3n) is 10.5. The molecule has 10 rings (SSSR count). The van der Waals surface area contributed by atoms with E-state index < -0.39 is 0 Å². The molecule has 4 heteroatoms. The van der Waals surface area contributed by atoms with E-state index in [1.165, 1.54) is 31.5 Å². The fourth-order valence-corrected chi connectivity index (χ4v) is 9.06. The zero-order valence-electron chi connectivity index (χ0n) is 29.9. The zero-order valence-corrected chi connectivity index (χ0v) is 30.7. The smallest absolute Gasteiger partial charge is 0.160 e. The first-order valence-corrected chi connectivity index (χ1v) is 19.4. The number of thiophene rings is 1. The molecule has 0 saturated carbocycles. The summed E-state index contributed by atoms with van der Waals surface area (Å²) in [5.41, 5.74) is 13.5. The van der Waals surface area contributed by atoms with E-state index in [4.69, 9.17) is 9.97 Å². The van der Waals surface area contributed by atoms with E-state index in [0.717, 1.165) is 74.1 Å². The van der Waals surface area contributed by atoms with Crippen molar-refractivity contribution < 1.29 is 0 Å². The van der Waals surface area contributed by atoms with Gasteiger partial charge < -0.3 is 0 Å². The van der Waals surface area contributed by atoms with Gasteiger partial charge in [-0.05, 0) is 99.0 Å². The van der Waals surface area contributed by atoms with E-state index >= 15 is 0 Å². The van der Waals surface area contributed by atoms with Crippen LogP contribution in [0.4, 0.5) is 0 Å². The summed E-state index contributed by atoms with van der Waals surface area (Å²) in [5.74, 6) is 0.707. The SMILES string of the molecule is N#Cc1cc(-c2ccc3ccc(-c4ccc(-c5cc(-c6ccccc6)nc(-c6ccccc6)n5)cc4)cc3c2)cc(-c2cccc3c4c(sc23)CCC=C4)c1. The number of nitrogens with zero attached hydrogens (tertiary/aromatic N) is 3. The number of rotatable bonds is 6. The molecule has 9 aromatic rings. The number of hydrogen-bond acceptors (Lipinski definition) is 4. The highest BCUT2D eigenvalue weighted by molar-refractivity contribution is 7.20. The van der Waals surface area contributed by atoms with Crippen LogP contribution in [0.15, 0.2) is 170 Å². The van der Waals surface area contributed by atoms with Crippen molar-refractivity contribution in [1.29, 1.82) is 5.26 Å². The van der Waals surface area contributed by atoms with Crippen LogP contribution in [-0.2, 0) is 6.42 Å². The molecule has 258 valence electrons. The summed E-state index contributed by atoms with van der Waals surface area (Å²) in [6.07, 6.45) is 6.73. The van der Waals surface area contributed by atoms with Gasteiger partial charge in [0.1, 0.15) is 0 Å². The lowest BCUT2D eigenvalue weighted by Gasteiger charge is -2.11. The number of allylic oxidation sites excluding steroid dienone is 1. The van der Waals surface area contributed by atoms with Crippen molar-refractivity contribution in [3.63, 3.8) is 0 Å². The van der Waals surface area contributed by atoms with E-state index in [1.807, 2.05) is 59.9 Å². The van der Waals surface area contributed by atoms with Gasteiger partial charge >= 0.3 is 0 Å². The third kappa shape index (κ3) is 6.21. The molecule has 0 aliphatic heterocycles. The van der Waals surface area contributed by atoms with Gasteiger partial charge in [0.15, 0.2) is 5.82 Å². The minimum Gasteiger partial charge on any atom is -0.228 e. The fraction of sp³-hybridized carbons (Fsp3) is 0.0392. The molecule has 2 aromatic heterocycles. The highest BCUT2D eigenvalue weighted by Gasteiger charge is 2.17. The zero-order chi connectivity index (χ0) is 36.7. The average Bonchev–Trinajstić information content (AvgIpc) is 3.65. The van der Waals surface area contributed by atoms with Gasteiger partial charge in [-0.15, -0.1) is 11.3 Å². The maximum Gasteiger partial charge on any atom is 0.160 e. The average molecular weight is 720 g/mol. The number of hydrogen-bond donors (Lipinski definition) is 0. The lowest BCUT2D eigenvalue weighted by molar-refractivity contribution is 1.02. The first-order valence-electron chi connectivity index (χ1n) is 18.6. The minimum atomic E-state index is 0.662. The van der Waals surface area contributed by atoms with Gasteiger partial charge in [-0.3, -0.25) is 0 Å². The quantitative estimate of drug-likeness (QED) is 0.172. The van der Waals surface area contributed by atoms with Crippen LogP contribution in [0.3, 0.4) is 0 Å². The van der Waals surface area contributed by atoms with Crippen molar-refractivity contribution in [1.82, 2.24) is 9.97 Å². The van der Waals surface area contributed by atoms with Crippen molar-refractivity contribution in [2.45, 2.75) is 12.8 Å². The first kappa shape index (κ1) is 32.7. The molecular weight excluding hydrogens is 687 g/mol. The number of aromatic nitrogens is 2. The monoisotopic (exact) mass is 719 g/mol. The van der Waals surface area contributed by atoms with Crippen molar-refractivity contribution in [3.8, 4) is 73.4 Å². The van der Waals surface area contributed by atoms with Gasteiger partial charge in [-0.25, -0.2) is 9.97 Å². The van der Waals surface area contributed by atoms with Gasteiger partial charge in [0.05, 0.1) is 23.0 Å². The topological polar surface area (TPSA) is 49.6 Å². The van der Waals surface area contributed by atoms with Crippen LogP contribution >= 0.6 is 11.3 Å². The van der Waals surface area contributed by atoms with Gasteiger partial charge in [-0.1, -0.05) is 140 Å². The Hall–Kier alpha value is -6.93. The van der Waals surface area contributed by atoms with Crippen LogP contribution in [0.2, 0.25) is 0 Å². The lowest BCUT2D eigenvalue weighted by Crippen LogP contribution is -1.95. The molecule has 1 aliphatic carbocycles. The van der Waals surface area contributed by atoms with Gasteiger partial charge in [0.25, 0.3) is 0 Å². The summed E-state index contributed by atoms with van der Waals surface area (Å²) in [6.45, 7) is 0. The number of aryl methyl sites for hydroxylation is 1. The maximum absolute atomic E-state index is 10.1. The predicted molar refractivity (Wildman–Crippen MR) is 230 cm³/mol. The molecule has 55 heavy (non-hydrogen) atoms. The normalized spacial score (nSPS) is 12.1. The number of benzene rings is 7. The lowest BCUT2D eigenvalue weighted by atomic mass is 9.93. The van der Waals surface area contributed by atoms with Crippen molar-refractivity contribution in [2.75, 3.05) is 0 Å². The van der Waals surface area contributed by atoms with E-state index in [2.05, 4.69) is 133 Å².